The van der Waals surface area contributed by atoms with Gasteiger partial charge in [0, 0.05) is 12.2 Å². The lowest BCUT2D eigenvalue weighted by atomic mass is 9.97. The second-order valence-electron chi connectivity index (χ2n) is 7.33. The number of quaternary nitrogens is 1. The summed E-state index contributed by atoms with van der Waals surface area (Å²) in [6, 6.07) is 5.94. The average Bonchev–Trinajstić information content (AvgIpc) is 2.59. The summed E-state index contributed by atoms with van der Waals surface area (Å²) in [5.41, 5.74) is 4.43. The molecule has 1 aliphatic rings. The first kappa shape index (κ1) is 20.2. The van der Waals surface area contributed by atoms with Crippen molar-refractivity contribution in [3.63, 3.8) is 0 Å². The summed E-state index contributed by atoms with van der Waals surface area (Å²) in [5, 5.41) is 5.94. The Labute approximate surface area is 156 Å². The van der Waals surface area contributed by atoms with Crippen molar-refractivity contribution in [1.29, 1.82) is 0 Å². The van der Waals surface area contributed by atoms with Crippen molar-refractivity contribution in [1.82, 2.24) is 5.32 Å². The number of rotatable bonds is 8. The predicted octanol–water partition coefficient (Wildman–Crippen LogP) is 1.76. The summed E-state index contributed by atoms with van der Waals surface area (Å²) in [6.45, 7) is 5.22. The zero-order valence-corrected chi connectivity index (χ0v) is 16.3. The van der Waals surface area contributed by atoms with E-state index in [2.05, 4.69) is 16.7 Å². The quantitative estimate of drug-likeness (QED) is 0.620. The topological polar surface area (TPSA) is 62.6 Å². The van der Waals surface area contributed by atoms with Crippen molar-refractivity contribution in [3.8, 4) is 0 Å². The molecule has 1 atom stereocenters. The van der Waals surface area contributed by atoms with Gasteiger partial charge in [0.15, 0.2) is 13.1 Å². The molecule has 1 aliphatic carbocycles. The molecule has 1 aromatic rings. The van der Waals surface area contributed by atoms with Crippen molar-refractivity contribution in [3.05, 3.63) is 41.0 Å². The van der Waals surface area contributed by atoms with E-state index in [4.69, 9.17) is 0 Å². The normalized spacial score (nSPS) is 15.1. The molecule has 1 unspecified atom stereocenters. The summed E-state index contributed by atoms with van der Waals surface area (Å²) in [4.78, 5) is 25.2. The minimum Gasteiger partial charge on any atom is -0.351 e. The molecule has 0 fully saturated rings. The van der Waals surface area contributed by atoms with Gasteiger partial charge in [-0.3, -0.25) is 9.59 Å². The van der Waals surface area contributed by atoms with E-state index in [-0.39, 0.29) is 18.4 Å². The van der Waals surface area contributed by atoms with Gasteiger partial charge in [-0.1, -0.05) is 29.8 Å². The molecule has 26 heavy (non-hydrogen) atoms. The second kappa shape index (κ2) is 10.1. The van der Waals surface area contributed by atoms with E-state index in [1.165, 1.54) is 31.3 Å². The molecule has 2 amide bonds. The first-order chi connectivity index (χ1) is 12.5. The van der Waals surface area contributed by atoms with E-state index >= 15 is 0 Å². The summed E-state index contributed by atoms with van der Waals surface area (Å²) < 4.78 is 0. The highest BCUT2D eigenvalue weighted by atomic mass is 16.2. The van der Waals surface area contributed by atoms with Crippen LogP contribution in [0.25, 0.3) is 0 Å². The van der Waals surface area contributed by atoms with Crippen LogP contribution in [0.2, 0.25) is 0 Å². The lowest BCUT2D eigenvalue weighted by molar-refractivity contribution is -0.862. The van der Waals surface area contributed by atoms with Crippen LogP contribution in [0.1, 0.15) is 43.2 Å². The summed E-state index contributed by atoms with van der Waals surface area (Å²) in [6.07, 6.45) is 8.14. The number of carbonyl (C=O) groups is 2. The summed E-state index contributed by atoms with van der Waals surface area (Å²) >= 11 is 0. The molecule has 0 bridgehead atoms. The predicted molar refractivity (Wildman–Crippen MR) is 105 cm³/mol. The highest BCUT2D eigenvalue weighted by molar-refractivity contribution is 5.93. The number of nitrogens with one attached hydrogen (secondary N) is 3. The molecular formula is C21H32N3O2+. The fourth-order valence-corrected chi connectivity index (χ4v) is 3.36. The first-order valence-electron chi connectivity index (χ1n) is 9.57. The van der Waals surface area contributed by atoms with Crippen molar-refractivity contribution in [2.45, 2.75) is 46.0 Å². The van der Waals surface area contributed by atoms with E-state index in [1.54, 1.807) is 0 Å². The molecule has 0 saturated heterocycles. The Balaban J connectivity index is 1.70. The molecule has 0 aliphatic heterocycles. The fourth-order valence-electron chi connectivity index (χ4n) is 3.36. The Morgan fingerprint density at radius 3 is 2.42 bits per heavy atom. The minimum atomic E-state index is -0.0694. The monoisotopic (exact) mass is 358 g/mol. The number of para-hydroxylation sites is 1. The highest BCUT2D eigenvalue weighted by Gasteiger charge is 2.15. The van der Waals surface area contributed by atoms with E-state index < -0.39 is 0 Å². The van der Waals surface area contributed by atoms with Gasteiger partial charge in [0.1, 0.15) is 0 Å². The van der Waals surface area contributed by atoms with Gasteiger partial charge in [0.25, 0.3) is 11.8 Å². The number of hydrogen-bond donors (Lipinski definition) is 3. The van der Waals surface area contributed by atoms with E-state index in [0.29, 0.717) is 13.1 Å². The largest absolute Gasteiger partial charge is 0.351 e. The second-order valence-corrected chi connectivity index (χ2v) is 7.33. The standard InChI is InChI=1S/C21H31N3O2/c1-16-8-7-9-17(2)21(16)23-20(26)15-24(3)14-19(25)22-13-12-18-10-5-4-6-11-18/h7-10H,4-6,11-15H2,1-3H3,(H,22,25)(H,23,26)/p+1. The number of benzene rings is 1. The van der Waals surface area contributed by atoms with Gasteiger partial charge in [0.05, 0.1) is 7.05 Å². The molecule has 5 heteroatoms. The van der Waals surface area contributed by atoms with Crippen LogP contribution in [0.4, 0.5) is 5.69 Å². The Hall–Kier alpha value is -2.14. The number of aryl methyl sites for hydroxylation is 2. The highest BCUT2D eigenvalue weighted by Crippen LogP contribution is 2.19. The number of hydrogen-bond acceptors (Lipinski definition) is 2. The molecule has 142 valence electrons. The number of allylic oxidation sites excluding steroid dienone is 1. The van der Waals surface area contributed by atoms with Crippen molar-refractivity contribution < 1.29 is 14.5 Å². The smallest absolute Gasteiger partial charge is 0.279 e. The van der Waals surface area contributed by atoms with E-state index in [1.807, 2.05) is 39.1 Å². The summed E-state index contributed by atoms with van der Waals surface area (Å²) in [5.74, 6) is -0.0705. The zero-order chi connectivity index (χ0) is 18.9. The molecule has 0 spiro atoms. The molecule has 3 N–H and O–H groups in total. The number of likely N-dealkylation sites (N-methyl/N-ethyl adjacent to an activating group) is 1. The van der Waals surface area contributed by atoms with E-state index in [0.717, 1.165) is 28.1 Å². The Morgan fingerprint density at radius 2 is 1.77 bits per heavy atom. The SMILES string of the molecule is Cc1cccc(C)c1NC(=O)C[NH+](C)CC(=O)NCCC1=CCCCC1. The lowest BCUT2D eigenvalue weighted by Gasteiger charge is -2.16. The molecule has 2 rings (SSSR count). The van der Waals surface area contributed by atoms with Crippen LogP contribution < -0.4 is 15.5 Å². The van der Waals surface area contributed by atoms with Crippen LogP contribution in [0.5, 0.6) is 0 Å². The van der Waals surface area contributed by atoms with Gasteiger partial charge in [-0.25, -0.2) is 0 Å². The van der Waals surface area contributed by atoms with Gasteiger partial charge in [0.2, 0.25) is 0 Å². The van der Waals surface area contributed by atoms with Crippen molar-refractivity contribution >= 4 is 17.5 Å². The molecule has 0 radical (unpaired) electrons. The van der Waals surface area contributed by atoms with E-state index in [9.17, 15) is 9.59 Å². The maximum Gasteiger partial charge on any atom is 0.279 e. The lowest BCUT2D eigenvalue weighted by Crippen LogP contribution is -3.11. The van der Waals surface area contributed by atoms with Gasteiger partial charge >= 0.3 is 0 Å². The van der Waals surface area contributed by atoms with Crippen LogP contribution in [0, 0.1) is 13.8 Å². The molecule has 0 aromatic heterocycles. The maximum absolute atomic E-state index is 12.3. The number of carbonyl (C=O) groups excluding carboxylic acids is 2. The van der Waals surface area contributed by atoms with Crippen LogP contribution in [-0.4, -0.2) is 38.5 Å². The number of amides is 2. The fraction of sp³-hybridized carbons (Fsp3) is 0.524. The minimum absolute atomic E-state index is 0.00113. The molecule has 5 nitrogen and oxygen atoms in total. The van der Waals surface area contributed by atoms with Gasteiger partial charge in [-0.05, 0) is 57.1 Å². The van der Waals surface area contributed by atoms with Gasteiger partial charge in [-0.2, -0.15) is 0 Å². The van der Waals surface area contributed by atoms with Crippen LogP contribution in [0.15, 0.2) is 29.8 Å². The van der Waals surface area contributed by atoms with Crippen molar-refractivity contribution in [2.24, 2.45) is 0 Å². The third-order valence-corrected chi connectivity index (χ3v) is 4.82. The average molecular weight is 359 g/mol. The molecule has 0 heterocycles. The van der Waals surface area contributed by atoms with Crippen LogP contribution in [-0.2, 0) is 9.59 Å². The Morgan fingerprint density at radius 1 is 1.08 bits per heavy atom. The Kier molecular flexibility index (Phi) is 7.85. The third-order valence-electron chi connectivity index (χ3n) is 4.82. The van der Waals surface area contributed by atoms with Crippen LogP contribution >= 0.6 is 0 Å². The van der Waals surface area contributed by atoms with Gasteiger partial charge < -0.3 is 15.5 Å². The molecular weight excluding hydrogens is 326 g/mol. The zero-order valence-electron chi connectivity index (χ0n) is 16.3. The van der Waals surface area contributed by atoms with Crippen LogP contribution in [0.3, 0.4) is 0 Å². The molecule has 1 aromatic carbocycles. The summed E-state index contributed by atoms with van der Waals surface area (Å²) in [7, 11) is 1.87. The third kappa shape index (κ3) is 6.64. The van der Waals surface area contributed by atoms with Crippen molar-refractivity contribution in [2.75, 3.05) is 32.0 Å². The Bertz CT molecular complexity index is 647. The number of anilines is 1. The van der Waals surface area contributed by atoms with Gasteiger partial charge in [-0.15, -0.1) is 0 Å². The maximum atomic E-state index is 12.3. The molecule has 0 saturated carbocycles. The first-order valence-corrected chi connectivity index (χ1v) is 9.57.